The van der Waals surface area contributed by atoms with Gasteiger partial charge in [0.25, 0.3) is 0 Å². The summed E-state index contributed by atoms with van der Waals surface area (Å²) >= 11 is 0. The van der Waals surface area contributed by atoms with E-state index < -0.39 is 0 Å². The lowest BCUT2D eigenvalue weighted by molar-refractivity contribution is 0.112. The maximum atomic E-state index is 10.7. The molecule has 5 heteroatoms. The van der Waals surface area contributed by atoms with E-state index in [1.54, 1.807) is 31.4 Å². The highest BCUT2D eigenvalue weighted by atomic mass is 16.3. The second-order valence-corrected chi connectivity index (χ2v) is 3.41. The number of phenolic OH excluding ortho intramolecular Hbond substituents is 1. The maximum absolute atomic E-state index is 10.7. The highest BCUT2D eigenvalue weighted by Gasteiger charge is 2.07. The number of carbonyl (C=O) groups excluding carboxylic acids is 1. The number of phenols is 1. The van der Waals surface area contributed by atoms with Crippen molar-refractivity contribution in [3.8, 4) is 17.0 Å². The first kappa shape index (κ1) is 11.1. The van der Waals surface area contributed by atoms with Crippen molar-refractivity contribution >= 4 is 12.2 Å². The molecule has 0 fully saturated rings. The molecule has 2 N–H and O–H groups in total. The second-order valence-electron chi connectivity index (χ2n) is 3.41. The molecule has 0 radical (unpaired) electrons. The van der Waals surface area contributed by atoms with E-state index in [9.17, 15) is 9.90 Å². The van der Waals surface area contributed by atoms with E-state index in [-0.39, 0.29) is 5.75 Å². The Morgan fingerprint density at radius 3 is 2.88 bits per heavy atom. The Labute approximate surface area is 98.2 Å². The van der Waals surface area contributed by atoms with Crippen molar-refractivity contribution in [1.82, 2.24) is 9.97 Å². The van der Waals surface area contributed by atoms with Gasteiger partial charge in [-0.3, -0.25) is 4.79 Å². The SMILES string of the molecule is CNc1nccc(-c2cc(C=O)ccc2O)n1. The summed E-state index contributed by atoms with van der Waals surface area (Å²) in [5, 5.41) is 12.6. The van der Waals surface area contributed by atoms with E-state index >= 15 is 0 Å². The molecule has 2 rings (SSSR count). The van der Waals surface area contributed by atoms with E-state index in [1.165, 1.54) is 6.07 Å². The molecule has 5 nitrogen and oxygen atoms in total. The third-order valence-electron chi connectivity index (χ3n) is 2.31. The van der Waals surface area contributed by atoms with Crippen LogP contribution in [0.4, 0.5) is 5.95 Å². The van der Waals surface area contributed by atoms with Crippen LogP contribution in [0, 0.1) is 0 Å². The summed E-state index contributed by atoms with van der Waals surface area (Å²) in [4.78, 5) is 18.9. The molecule has 0 saturated carbocycles. The van der Waals surface area contributed by atoms with Gasteiger partial charge in [-0.15, -0.1) is 0 Å². The zero-order valence-electron chi connectivity index (χ0n) is 9.21. The summed E-state index contributed by atoms with van der Waals surface area (Å²) < 4.78 is 0. The molecule has 0 atom stereocenters. The topological polar surface area (TPSA) is 75.1 Å². The van der Waals surface area contributed by atoms with Crippen LogP contribution in [0.3, 0.4) is 0 Å². The van der Waals surface area contributed by atoms with Crippen LogP contribution >= 0.6 is 0 Å². The number of nitrogens with one attached hydrogen (secondary N) is 1. The summed E-state index contributed by atoms with van der Waals surface area (Å²) in [5.74, 6) is 0.537. The Bertz CT molecular complexity index is 555. The Hall–Kier alpha value is -2.43. The number of carbonyl (C=O) groups is 1. The summed E-state index contributed by atoms with van der Waals surface area (Å²) in [6.45, 7) is 0. The third-order valence-corrected chi connectivity index (χ3v) is 2.31. The molecule has 1 aromatic heterocycles. The van der Waals surface area contributed by atoms with Crippen LogP contribution in [0.1, 0.15) is 10.4 Å². The van der Waals surface area contributed by atoms with Crippen LogP contribution in [-0.4, -0.2) is 28.4 Å². The Balaban J connectivity index is 2.54. The summed E-state index contributed by atoms with van der Waals surface area (Å²) in [5.41, 5.74) is 1.56. The fraction of sp³-hybridized carbons (Fsp3) is 0.0833. The number of hydrogen-bond acceptors (Lipinski definition) is 5. The lowest BCUT2D eigenvalue weighted by Crippen LogP contribution is -1.97. The number of nitrogens with zero attached hydrogens (tertiary/aromatic N) is 2. The van der Waals surface area contributed by atoms with Gasteiger partial charge in [-0.2, -0.15) is 0 Å². The molecule has 1 aromatic carbocycles. The first-order chi connectivity index (χ1) is 8.24. The van der Waals surface area contributed by atoms with E-state index in [2.05, 4.69) is 15.3 Å². The molecule has 0 aliphatic rings. The number of rotatable bonds is 3. The number of anilines is 1. The molecule has 2 aromatic rings. The molecule has 0 unspecified atom stereocenters. The molecule has 0 saturated heterocycles. The molecule has 0 aliphatic heterocycles. The van der Waals surface area contributed by atoms with Crippen molar-refractivity contribution in [2.45, 2.75) is 0 Å². The van der Waals surface area contributed by atoms with Gasteiger partial charge in [-0.1, -0.05) is 0 Å². The third kappa shape index (κ3) is 2.23. The van der Waals surface area contributed by atoms with Crippen molar-refractivity contribution in [3.05, 3.63) is 36.0 Å². The minimum Gasteiger partial charge on any atom is -0.507 e. The predicted molar refractivity (Wildman–Crippen MR) is 64.1 cm³/mol. The zero-order chi connectivity index (χ0) is 12.3. The van der Waals surface area contributed by atoms with Crippen molar-refractivity contribution < 1.29 is 9.90 Å². The van der Waals surface area contributed by atoms with Gasteiger partial charge in [-0.25, -0.2) is 9.97 Å². The fourth-order valence-corrected chi connectivity index (χ4v) is 1.46. The summed E-state index contributed by atoms with van der Waals surface area (Å²) in [7, 11) is 1.71. The average Bonchev–Trinajstić information content (AvgIpc) is 2.39. The van der Waals surface area contributed by atoms with Crippen LogP contribution in [0.15, 0.2) is 30.5 Å². The van der Waals surface area contributed by atoms with Crippen LogP contribution < -0.4 is 5.32 Å². The van der Waals surface area contributed by atoms with Gasteiger partial charge >= 0.3 is 0 Å². The van der Waals surface area contributed by atoms with Gasteiger partial charge < -0.3 is 10.4 Å². The standard InChI is InChI=1S/C12H11N3O2/c1-13-12-14-5-4-10(15-12)9-6-8(7-16)2-3-11(9)17/h2-7,17H,1H3,(H,13,14,15). The first-order valence-corrected chi connectivity index (χ1v) is 5.04. The smallest absolute Gasteiger partial charge is 0.222 e. The molecule has 0 bridgehead atoms. The zero-order valence-corrected chi connectivity index (χ0v) is 9.21. The van der Waals surface area contributed by atoms with E-state index in [1.807, 2.05) is 0 Å². The summed E-state index contributed by atoms with van der Waals surface area (Å²) in [6, 6.07) is 6.28. The van der Waals surface area contributed by atoms with Crippen LogP contribution in [0.2, 0.25) is 0 Å². The molecule has 1 heterocycles. The monoisotopic (exact) mass is 229 g/mol. The van der Waals surface area contributed by atoms with Crippen LogP contribution in [-0.2, 0) is 0 Å². The number of aromatic nitrogens is 2. The minimum atomic E-state index is 0.0800. The van der Waals surface area contributed by atoms with Crippen LogP contribution in [0.5, 0.6) is 5.75 Å². The molecule has 17 heavy (non-hydrogen) atoms. The predicted octanol–water partition coefficient (Wildman–Crippen LogP) is 1.70. The lowest BCUT2D eigenvalue weighted by atomic mass is 10.1. The molecule has 0 aliphatic carbocycles. The minimum absolute atomic E-state index is 0.0800. The van der Waals surface area contributed by atoms with Crippen LogP contribution in [0.25, 0.3) is 11.3 Å². The molecular weight excluding hydrogens is 218 g/mol. The van der Waals surface area contributed by atoms with E-state index in [0.29, 0.717) is 22.8 Å². The van der Waals surface area contributed by atoms with Gasteiger partial charge in [0.05, 0.1) is 5.69 Å². The van der Waals surface area contributed by atoms with E-state index in [0.717, 1.165) is 6.29 Å². The highest BCUT2D eigenvalue weighted by molar-refractivity contribution is 5.80. The quantitative estimate of drug-likeness (QED) is 0.783. The molecular formula is C12H11N3O2. The molecule has 0 spiro atoms. The highest BCUT2D eigenvalue weighted by Crippen LogP contribution is 2.28. The number of benzene rings is 1. The Morgan fingerprint density at radius 2 is 2.18 bits per heavy atom. The lowest BCUT2D eigenvalue weighted by Gasteiger charge is -2.06. The van der Waals surface area contributed by atoms with Gasteiger partial charge in [0.15, 0.2) is 0 Å². The first-order valence-electron chi connectivity index (χ1n) is 5.04. The Kier molecular flexibility index (Phi) is 3.00. The van der Waals surface area contributed by atoms with E-state index in [4.69, 9.17) is 0 Å². The molecule has 0 amide bonds. The van der Waals surface area contributed by atoms with Crippen molar-refractivity contribution in [2.24, 2.45) is 0 Å². The van der Waals surface area contributed by atoms with Crippen molar-refractivity contribution in [2.75, 3.05) is 12.4 Å². The van der Waals surface area contributed by atoms with Crippen molar-refractivity contribution in [3.63, 3.8) is 0 Å². The number of aldehydes is 1. The Morgan fingerprint density at radius 1 is 1.35 bits per heavy atom. The number of aromatic hydroxyl groups is 1. The van der Waals surface area contributed by atoms with Gasteiger partial charge in [-0.05, 0) is 24.3 Å². The summed E-state index contributed by atoms with van der Waals surface area (Å²) in [6.07, 6.45) is 2.31. The normalized spacial score (nSPS) is 9.94. The molecule has 86 valence electrons. The largest absolute Gasteiger partial charge is 0.507 e. The van der Waals surface area contributed by atoms with Gasteiger partial charge in [0.1, 0.15) is 12.0 Å². The van der Waals surface area contributed by atoms with Crippen molar-refractivity contribution in [1.29, 1.82) is 0 Å². The second kappa shape index (κ2) is 4.61. The van der Waals surface area contributed by atoms with Gasteiger partial charge in [0, 0.05) is 24.4 Å². The number of hydrogen-bond donors (Lipinski definition) is 2. The average molecular weight is 229 g/mol. The van der Waals surface area contributed by atoms with Gasteiger partial charge in [0.2, 0.25) is 5.95 Å². The fourth-order valence-electron chi connectivity index (χ4n) is 1.46. The maximum Gasteiger partial charge on any atom is 0.222 e.